The Kier molecular flexibility index (Phi) is 5.79. The number of thiazole rings is 1. The van der Waals surface area contributed by atoms with Gasteiger partial charge in [-0.25, -0.2) is 4.98 Å². The average molecular weight is 281 g/mol. The molecule has 0 saturated carbocycles. The minimum Gasteiger partial charge on any atom is -0.342 e. The molecule has 1 saturated heterocycles. The van der Waals surface area contributed by atoms with Gasteiger partial charge in [0.1, 0.15) is 0 Å². The number of aryl methyl sites for hydroxylation is 1. The Labute approximate surface area is 119 Å². The number of hydrogen-bond donors (Lipinski definition) is 1. The first-order chi connectivity index (χ1) is 9.29. The van der Waals surface area contributed by atoms with Crippen LogP contribution in [0.1, 0.15) is 42.8 Å². The lowest BCUT2D eigenvalue weighted by atomic mass is 10.2. The van der Waals surface area contributed by atoms with Gasteiger partial charge in [0, 0.05) is 18.5 Å². The van der Waals surface area contributed by atoms with Crippen LogP contribution in [0, 0.1) is 0 Å². The van der Waals surface area contributed by atoms with Crippen molar-refractivity contribution in [3.05, 3.63) is 16.1 Å². The van der Waals surface area contributed by atoms with Crippen LogP contribution in [0.2, 0.25) is 0 Å². The van der Waals surface area contributed by atoms with E-state index in [0.717, 1.165) is 68.9 Å². The Hall–Kier alpha value is -0.940. The Morgan fingerprint density at radius 2 is 2.11 bits per heavy atom. The summed E-state index contributed by atoms with van der Waals surface area (Å²) in [5, 5.41) is 3.19. The number of aromatic nitrogens is 1. The molecule has 1 fully saturated rings. The second-order valence-electron chi connectivity index (χ2n) is 5.10. The number of amides is 1. The Morgan fingerprint density at radius 3 is 2.84 bits per heavy atom. The van der Waals surface area contributed by atoms with Gasteiger partial charge in [0.15, 0.2) is 0 Å². The van der Waals surface area contributed by atoms with Gasteiger partial charge in [-0.3, -0.25) is 4.79 Å². The van der Waals surface area contributed by atoms with Gasteiger partial charge in [0.2, 0.25) is 5.91 Å². The summed E-state index contributed by atoms with van der Waals surface area (Å²) in [4.78, 5) is 18.5. The summed E-state index contributed by atoms with van der Waals surface area (Å²) in [5.74, 6) is 0.234. The number of likely N-dealkylation sites (tertiary alicyclic amines) is 1. The average Bonchev–Trinajstić information content (AvgIpc) is 3.06. The SMILES string of the molecule is NCCCCCc1nc(CC(=O)N2CCCC2)cs1. The first-order valence-corrected chi connectivity index (χ1v) is 8.08. The molecule has 5 heteroatoms. The van der Waals surface area contributed by atoms with E-state index in [2.05, 4.69) is 4.98 Å². The van der Waals surface area contributed by atoms with E-state index in [4.69, 9.17) is 5.73 Å². The van der Waals surface area contributed by atoms with Gasteiger partial charge in [-0.05, 0) is 38.6 Å². The summed E-state index contributed by atoms with van der Waals surface area (Å²) in [6, 6.07) is 0. The summed E-state index contributed by atoms with van der Waals surface area (Å²) in [7, 11) is 0. The highest BCUT2D eigenvalue weighted by atomic mass is 32.1. The van der Waals surface area contributed by atoms with E-state index in [1.54, 1.807) is 11.3 Å². The molecule has 0 unspecified atom stereocenters. The number of unbranched alkanes of at least 4 members (excludes halogenated alkanes) is 2. The molecule has 0 bridgehead atoms. The summed E-state index contributed by atoms with van der Waals surface area (Å²) < 4.78 is 0. The normalized spacial score (nSPS) is 15.1. The quantitative estimate of drug-likeness (QED) is 0.777. The zero-order chi connectivity index (χ0) is 13.5. The van der Waals surface area contributed by atoms with Gasteiger partial charge >= 0.3 is 0 Å². The van der Waals surface area contributed by atoms with E-state index in [9.17, 15) is 4.79 Å². The topological polar surface area (TPSA) is 59.2 Å². The first kappa shape index (κ1) is 14.5. The lowest BCUT2D eigenvalue weighted by Crippen LogP contribution is -2.29. The van der Waals surface area contributed by atoms with Crippen LogP contribution < -0.4 is 5.73 Å². The van der Waals surface area contributed by atoms with Crippen molar-refractivity contribution in [2.75, 3.05) is 19.6 Å². The summed E-state index contributed by atoms with van der Waals surface area (Å²) in [6.45, 7) is 2.62. The van der Waals surface area contributed by atoms with E-state index < -0.39 is 0 Å². The van der Waals surface area contributed by atoms with Crippen molar-refractivity contribution in [2.24, 2.45) is 5.73 Å². The number of carbonyl (C=O) groups is 1. The summed E-state index contributed by atoms with van der Waals surface area (Å²) >= 11 is 1.68. The number of rotatable bonds is 7. The fourth-order valence-corrected chi connectivity index (χ4v) is 3.22. The van der Waals surface area contributed by atoms with Crippen molar-refractivity contribution >= 4 is 17.2 Å². The maximum atomic E-state index is 12.0. The van der Waals surface area contributed by atoms with Crippen LogP contribution >= 0.6 is 11.3 Å². The molecule has 2 rings (SSSR count). The zero-order valence-corrected chi connectivity index (χ0v) is 12.3. The minimum atomic E-state index is 0.234. The van der Waals surface area contributed by atoms with E-state index in [-0.39, 0.29) is 5.91 Å². The molecule has 2 N–H and O–H groups in total. The lowest BCUT2D eigenvalue weighted by Gasteiger charge is -2.13. The maximum absolute atomic E-state index is 12.0. The van der Waals surface area contributed by atoms with Crippen LogP contribution in [0.4, 0.5) is 0 Å². The zero-order valence-electron chi connectivity index (χ0n) is 11.4. The van der Waals surface area contributed by atoms with Gasteiger partial charge in [-0.2, -0.15) is 0 Å². The van der Waals surface area contributed by atoms with E-state index in [1.807, 2.05) is 10.3 Å². The van der Waals surface area contributed by atoms with Crippen molar-refractivity contribution in [2.45, 2.75) is 44.9 Å². The molecule has 4 nitrogen and oxygen atoms in total. The predicted octanol–water partition coefficient (Wildman–Crippen LogP) is 1.98. The van der Waals surface area contributed by atoms with Crippen LogP contribution in [0.25, 0.3) is 0 Å². The number of hydrogen-bond acceptors (Lipinski definition) is 4. The van der Waals surface area contributed by atoms with Gasteiger partial charge in [-0.1, -0.05) is 6.42 Å². The van der Waals surface area contributed by atoms with Crippen molar-refractivity contribution in [3.8, 4) is 0 Å². The van der Waals surface area contributed by atoms with Gasteiger partial charge in [0.05, 0.1) is 17.1 Å². The smallest absolute Gasteiger partial charge is 0.228 e. The molecule has 1 aliphatic rings. The fourth-order valence-electron chi connectivity index (χ4n) is 2.38. The largest absolute Gasteiger partial charge is 0.342 e. The molecule has 1 aromatic heterocycles. The van der Waals surface area contributed by atoms with Crippen LogP contribution in [0.15, 0.2) is 5.38 Å². The van der Waals surface area contributed by atoms with E-state index >= 15 is 0 Å². The molecule has 1 aromatic rings. The Balaban J connectivity index is 1.75. The summed E-state index contributed by atoms with van der Waals surface area (Å²) in [6.07, 6.45) is 7.18. The third kappa shape index (κ3) is 4.58. The van der Waals surface area contributed by atoms with Crippen molar-refractivity contribution < 1.29 is 4.79 Å². The van der Waals surface area contributed by atoms with E-state index in [1.165, 1.54) is 0 Å². The molecule has 0 radical (unpaired) electrons. The molecule has 2 heterocycles. The molecule has 1 aliphatic heterocycles. The third-order valence-corrected chi connectivity index (χ3v) is 4.44. The molecular weight excluding hydrogens is 258 g/mol. The third-order valence-electron chi connectivity index (χ3n) is 3.49. The highest BCUT2D eigenvalue weighted by molar-refractivity contribution is 7.09. The van der Waals surface area contributed by atoms with E-state index in [0.29, 0.717) is 6.42 Å². The lowest BCUT2D eigenvalue weighted by molar-refractivity contribution is -0.129. The van der Waals surface area contributed by atoms with Crippen LogP contribution in [0.5, 0.6) is 0 Å². The van der Waals surface area contributed by atoms with Crippen LogP contribution in [-0.4, -0.2) is 35.4 Å². The Bertz CT molecular complexity index is 399. The minimum absolute atomic E-state index is 0.234. The second-order valence-corrected chi connectivity index (χ2v) is 6.04. The molecule has 19 heavy (non-hydrogen) atoms. The Morgan fingerprint density at radius 1 is 1.32 bits per heavy atom. The van der Waals surface area contributed by atoms with Crippen LogP contribution in [0.3, 0.4) is 0 Å². The number of nitrogens with zero attached hydrogens (tertiary/aromatic N) is 2. The molecule has 0 atom stereocenters. The molecule has 1 amide bonds. The first-order valence-electron chi connectivity index (χ1n) is 7.20. The van der Waals surface area contributed by atoms with Crippen molar-refractivity contribution in [1.29, 1.82) is 0 Å². The van der Waals surface area contributed by atoms with Gasteiger partial charge < -0.3 is 10.6 Å². The highest BCUT2D eigenvalue weighted by Crippen LogP contribution is 2.15. The van der Waals surface area contributed by atoms with Crippen molar-refractivity contribution in [1.82, 2.24) is 9.88 Å². The molecule has 0 spiro atoms. The van der Waals surface area contributed by atoms with Gasteiger partial charge in [-0.15, -0.1) is 11.3 Å². The second kappa shape index (κ2) is 7.60. The predicted molar refractivity (Wildman–Crippen MR) is 78.2 cm³/mol. The summed E-state index contributed by atoms with van der Waals surface area (Å²) in [5.41, 5.74) is 6.41. The maximum Gasteiger partial charge on any atom is 0.228 e. The number of nitrogens with two attached hydrogens (primary N) is 1. The van der Waals surface area contributed by atoms with Crippen LogP contribution in [-0.2, 0) is 17.6 Å². The fraction of sp³-hybridized carbons (Fsp3) is 0.714. The molecule has 0 aliphatic carbocycles. The van der Waals surface area contributed by atoms with Gasteiger partial charge in [0.25, 0.3) is 0 Å². The van der Waals surface area contributed by atoms with Crippen molar-refractivity contribution in [3.63, 3.8) is 0 Å². The number of carbonyl (C=O) groups excluding carboxylic acids is 1. The molecule has 0 aromatic carbocycles. The monoisotopic (exact) mass is 281 g/mol. The molecular formula is C14H23N3OS. The highest BCUT2D eigenvalue weighted by Gasteiger charge is 2.18. The standard InChI is InChI=1S/C14H23N3OS/c15-7-3-1-2-6-13-16-12(11-19-13)10-14(18)17-8-4-5-9-17/h11H,1-10,15H2. The molecule has 106 valence electrons.